The van der Waals surface area contributed by atoms with E-state index < -0.39 is 10.0 Å². The van der Waals surface area contributed by atoms with Gasteiger partial charge in [0.15, 0.2) is 0 Å². The van der Waals surface area contributed by atoms with E-state index in [1.165, 1.54) is 38.9 Å². The molecule has 0 bridgehead atoms. The van der Waals surface area contributed by atoms with Gasteiger partial charge in [-0.1, -0.05) is 6.07 Å². The van der Waals surface area contributed by atoms with Crippen LogP contribution in [0.25, 0.3) is 0 Å². The predicted octanol–water partition coefficient (Wildman–Crippen LogP) is 2.93. The fourth-order valence-electron chi connectivity index (χ4n) is 4.14. The Morgan fingerprint density at radius 1 is 1.16 bits per heavy atom. The molecule has 0 atom stereocenters. The van der Waals surface area contributed by atoms with E-state index in [4.69, 9.17) is 9.15 Å². The van der Waals surface area contributed by atoms with Gasteiger partial charge in [-0.25, -0.2) is 12.7 Å². The number of thioether (sulfide) groups is 1. The number of ether oxygens (including phenoxy) is 1. The average Bonchev–Trinajstić information content (AvgIpc) is 3.14. The molecule has 9 heteroatoms. The fourth-order valence-corrected chi connectivity index (χ4v) is 5.48. The highest BCUT2D eigenvalue weighted by Gasteiger charge is 2.25. The van der Waals surface area contributed by atoms with E-state index in [0.717, 1.165) is 25.9 Å². The maximum Gasteiger partial charge on any atom is 0.227 e. The summed E-state index contributed by atoms with van der Waals surface area (Å²) in [7, 11) is -3.14. The second kappa shape index (κ2) is 9.36. The lowest BCUT2D eigenvalue weighted by molar-refractivity contribution is 0.180. The van der Waals surface area contributed by atoms with Crippen LogP contribution in [0.3, 0.4) is 0 Å². The summed E-state index contributed by atoms with van der Waals surface area (Å²) < 4.78 is 36.1. The molecule has 4 rings (SSSR count). The number of nitrogens with zero attached hydrogens (tertiary/aromatic N) is 2. The summed E-state index contributed by atoms with van der Waals surface area (Å²) in [6.45, 7) is 3.65. The van der Waals surface area contributed by atoms with Crippen molar-refractivity contribution in [3.05, 3.63) is 57.6 Å². The van der Waals surface area contributed by atoms with Gasteiger partial charge < -0.3 is 9.15 Å². The lowest BCUT2D eigenvalue weighted by Gasteiger charge is -2.29. The van der Waals surface area contributed by atoms with E-state index in [2.05, 4.69) is 29.4 Å². The minimum absolute atomic E-state index is 0.184. The number of benzene rings is 1. The van der Waals surface area contributed by atoms with Crippen molar-refractivity contribution in [1.29, 1.82) is 0 Å². The lowest BCUT2D eigenvalue weighted by atomic mass is 9.99. The zero-order valence-corrected chi connectivity index (χ0v) is 19.5. The van der Waals surface area contributed by atoms with E-state index in [0.29, 0.717) is 32.0 Å². The second-order valence-corrected chi connectivity index (χ2v) is 11.1. The minimum atomic E-state index is -3.14. The first-order chi connectivity index (χ1) is 14.8. The first kappa shape index (κ1) is 22.4. The molecule has 0 spiro atoms. The number of piperidine rings is 1. The summed E-state index contributed by atoms with van der Waals surface area (Å²) in [6.07, 6.45) is 6.16. The highest BCUT2D eigenvalue weighted by Crippen LogP contribution is 2.28. The number of fused-ring (bicyclic) bond motifs is 1. The van der Waals surface area contributed by atoms with Crippen LogP contribution in [-0.2, 0) is 29.7 Å². The van der Waals surface area contributed by atoms with Crippen LogP contribution >= 0.6 is 11.8 Å². The van der Waals surface area contributed by atoms with Crippen LogP contribution in [0, 0.1) is 5.92 Å². The molecule has 1 saturated heterocycles. The van der Waals surface area contributed by atoms with Crippen LogP contribution in [0.1, 0.15) is 29.7 Å². The van der Waals surface area contributed by atoms with Gasteiger partial charge in [0.1, 0.15) is 12.0 Å². The normalized spacial score (nSPS) is 18.3. The van der Waals surface area contributed by atoms with Crippen LogP contribution in [0.5, 0.6) is 5.75 Å². The quantitative estimate of drug-likeness (QED) is 0.583. The van der Waals surface area contributed by atoms with Crippen LogP contribution in [-0.4, -0.2) is 49.8 Å². The fraction of sp³-hybridized carbons (Fsp3) is 0.500. The van der Waals surface area contributed by atoms with Gasteiger partial charge in [0.05, 0.1) is 19.4 Å². The Morgan fingerprint density at radius 2 is 1.90 bits per heavy atom. The Morgan fingerprint density at radius 3 is 2.58 bits per heavy atom. The molecular formula is C22H28N2O5S2. The Bertz CT molecular complexity index is 1090. The van der Waals surface area contributed by atoms with Crippen molar-refractivity contribution in [2.45, 2.75) is 37.4 Å². The molecule has 168 valence electrons. The van der Waals surface area contributed by atoms with Crippen molar-refractivity contribution in [2.24, 2.45) is 5.92 Å². The Balaban J connectivity index is 1.29. The molecule has 1 aromatic heterocycles. The zero-order chi connectivity index (χ0) is 22.0. The number of rotatable bonds is 7. The Labute approximate surface area is 187 Å². The van der Waals surface area contributed by atoms with Crippen LogP contribution in [0.4, 0.5) is 0 Å². The van der Waals surface area contributed by atoms with Crippen molar-refractivity contribution >= 4 is 21.8 Å². The molecule has 1 fully saturated rings. The molecule has 0 saturated carbocycles. The Hall–Kier alpha value is -1.81. The highest BCUT2D eigenvalue weighted by molar-refractivity contribution is 7.98. The molecule has 0 radical (unpaired) electrons. The summed E-state index contributed by atoms with van der Waals surface area (Å²) in [6, 6.07) is 8.06. The van der Waals surface area contributed by atoms with Crippen molar-refractivity contribution in [3.63, 3.8) is 0 Å². The zero-order valence-electron chi connectivity index (χ0n) is 17.9. The summed E-state index contributed by atoms with van der Waals surface area (Å²) in [5, 5.41) is 0. The van der Waals surface area contributed by atoms with Crippen molar-refractivity contribution in [1.82, 2.24) is 9.21 Å². The highest BCUT2D eigenvalue weighted by atomic mass is 32.2. The van der Waals surface area contributed by atoms with E-state index in [1.807, 2.05) is 0 Å². The third-order valence-corrected chi connectivity index (χ3v) is 7.98. The number of sulfonamides is 1. The van der Waals surface area contributed by atoms with Crippen LogP contribution in [0.15, 0.2) is 44.6 Å². The maximum atomic E-state index is 12.5. The van der Waals surface area contributed by atoms with E-state index in [-0.39, 0.29) is 17.1 Å². The summed E-state index contributed by atoms with van der Waals surface area (Å²) in [5.41, 5.74) is 2.47. The summed E-state index contributed by atoms with van der Waals surface area (Å²) in [4.78, 5) is 16.0. The molecule has 2 aromatic rings. The largest absolute Gasteiger partial charge is 0.486 e. The predicted molar refractivity (Wildman–Crippen MR) is 121 cm³/mol. The third kappa shape index (κ3) is 5.52. The molecule has 2 aliphatic rings. The van der Waals surface area contributed by atoms with Gasteiger partial charge in [-0.15, -0.1) is 11.8 Å². The van der Waals surface area contributed by atoms with Crippen LogP contribution < -0.4 is 10.2 Å². The molecule has 1 aromatic carbocycles. The molecule has 0 N–H and O–H groups in total. The molecule has 3 heterocycles. The topological polar surface area (TPSA) is 80.1 Å². The van der Waals surface area contributed by atoms with Gasteiger partial charge in [0.2, 0.25) is 21.2 Å². The molecular weight excluding hydrogens is 436 g/mol. The molecule has 0 amide bonds. The van der Waals surface area contributed by atoms with E-state index in [9.17, 15) is 13.2 Å². The van der Waals surface area contributed by atoms with Gasteiger partial charge in [0, 0.05) is 37.1 Å². The van der Waals surface area contributed by atoms with Gasteiger partial charge in [-0.05, 0) is 48.3 Å². The van der Waals surface area contributed by atoms with Crippen LogP contribution in [0.2, 0.25) is 0 Å². The minimum Gasteiger partial charge on any atom is -0.486 e. The number of hydrogen-bond donors (Lipinski definition) is 0. The molecule has 7 nitrogen and oxygen atoms in total. The SMILES string of the molecule is CSc1ccc2c(c1)CN(Cc1cc(=O)c(OCC3CCN(S(C)(=O)=O)CC3)co1)C2. The lowest BCUT2D eigenvalue weighted by Crippen LogP contribution is -2.39. The van der Waals surface area contributed by atoms with Gasteiger partial charge in [-0.2, -0.15) is 0 Å². The monoisotopic (exact) mass is 464 g/mol. The smallest absolute Gasteiger partial charge is 0.227 e. The van der Waals surface area contributed by atoms with Gasteiger partial charge in [0.25, 0.3) is 0 Å². The summed E-state index contributed by atoms with van der Waals surface area (Å²) in [5.74, 6) is 1.06. The molecule has 2 aliphatic heterocycles. The third-order valence-electron chi connectivity index (χ3n) is 5.95. The van der Waals surface area contributed by atoms with Gasteiger partial charge in [-0.3, -0.25) is 9.69 Å². The van der Waals surface area contributed by atoms with E-state index >= 15 is 0 Å². The average molecular weight is 465 g/mol. The standard InChI is InChI=1S/C22H28N2O5S2/c1-30-20-4-3-17-11-23(12-18(17)9-20)13-19-10-21(25)22(15-28-19)29-14-16-5-7-24(8-6-16)31(2,26)27/h3-4,9-10,15-16H,5-8,11-14H2,1-2H3. The molecule has 31 heavy (non-hydrogen) atoms. The first-order valence-corrected chi connectivity index (χ1v) is 13.5. The molecule has 0 aliphatic carbocycles. The van der Waals surface area contributed by atoms with Crippen molar-refractivity contribution < 1.29 is 17.6 Å². The van der Waals surface area contributed by atoms with E-state index in [1.54, 1.807) is 11.8 Å². The first-order valence-electron chi connectivity index (χ1n) is 10.4. The summed E-state index contributed by atoms with van der Waals surface area (Å²) >= 11 is 1.74. The number of hydrogen-bond acceptors (Lipinski definition) is 7. The maximum absolute atomic E-state index is 12.5. The molecule has 0 unspecified atom stereocenters. The Kier molecular flexibility index (Phi) is 6.76. The van der Waals surface area contributed by atoms with Gasteiger partial charge >= 0.3 is 0 Å². The van der Waals surface area contributed by atoms with Crippen molar-refractivity contribution in [3.8, 4) is 5.75 Å². The second-order valence-electron chi connectivity index (χ2n) is 8.27. The van der Waals surface area contributed by atoms with Crippen molar-refractivity contribution in [2.75, 3.05) is 32.2 Å².